The molecule has 3 aromatic rings. The van der Waals surface area contributed by atoms with E-state index in [0.29, 0.717) is 19.8 Å². The molecule has 2 aliphatic heterocycles. The first kappa shape index (κ1) is 23.7. The molecule has 0 amide bonds. The zero-order valence-electron chi connectivity index (χ0n) is 20.1. The fourth-order valence-electron chi connectivity index (χ4n) is 3.88. The van der Waals surface area contributed by atoms with Crippen LogP contribution in [0.25, 0.3) is 0 Å². The third-order valence-corrected chi connectivity index (χ3v) is 6.12. The molecule has 6 nitrogen and oxygen atoms in total. The summed E-state index contributed by atoms with van der Waals surface area (Å²) in [6, 6.07) is 25.0. The Bertz CT molecular complexity index is 1040. The van der Waals surface area contributed by atoms with Crippen LogP contribution in [0.4, 0.5) is 0 Å². The number of hydrogen-bond donors (Lipinski definition) is 0. The maximum Gasteiger partial charge on any atom is 0.189 e. The normalized spacial score (nSPS) is 19.1. The van der Waals surface area contributed by atoms with E-state index in [1.54, 1.807) is 0 Å². The Hall–Kier alpha value is -3.06. The minimum Gasteiger partial charge on any atom is -0.491 e. The van der Waals surface area contributed by atoms with E-state index in [-0.39, 0.29) is 24.9 Å². The van der Waals surface area contributed by atoms with E-state index in [1.807, 2.05) is 43.3 Å². The van der Waals surface area contributed by atoms with Crippen LogP contribution in [0.5, 0.6) is 17.2 Å². The maximum absolute atomic E-state index is 5.83. The smallest absolute Gasteiger partial charge is 0.189 e. The number of epoxide rings is 2. The van der Waals surface area contributed by atoms with Crippen LogP contribution in [-0.2, 0) is 20.6 Å². The summed E-state index contributed by atoms with van der Waals surface area (Å²) in [5.74, 6) is 2.72. The van der Waals surface area contributed by atoms with Crippen LogP contribution >= 0.6 is 0 Å². The average Bonchev–Trinajstić information content (AvgIpc) is 3.82. The molecule has 0 aromatic heterocycles. The van der Waals surface area contributed by atoms with Gasteiger partial charge in [-0.05, 0) is 66.4 Å². The quantitative estimate of drug-likeness (QED) is 0.186. The van der Waals surface area contributed by atoms with Crippen molar-refractivity contribution in [3.05, 3.63) is 89.5 Å². The molecule has 0 radical (unpaired) electrons. The Balaban J connectivity index is 1.30. The van der Waals surface area contributed by atoms with Crippen molar-refractivity contribution in [3.63, 3.8) is 0 Å². The molecule has 0 N–H and O–H groups in total. The molecule has 2 saturated heterocycles. The maximum atomic E-state index is 5.83. The predicted octanol–water partition coefficient (Wildman–Crippen LogP) is 4.99. The van der Waals surface area contributed by atoms with Gasteiger partial charge in [0.15, 0.2) is 6.79 Å². The van der Waals surface area contributed by atoms with Crippen molar-refractivity contribution in [2.45, 2.75) is 31.5 Å². The second kappa shape index (κ2) is 11.6. The van der Waals surface area contributed by atoms with Gasteiger partial charge in [0.25, 0.3) is 0 Å². The lowest BCUT2D eigenvalue weighted by Crippen LogP contribution is -2.07. The van der Waals surface area contributed by atoms with Crippen LogP contribution in [-0.4, -0.2) is 52.0 Å². The highest BCUT2D eigenvalue weighted by Crippen LogP contribution is 2.32. The van der Waals surface area contributed by atoms with Gasteiger partial charge >= 0.3 is 0 Å². The molecule has 35 heavy (non-hydrogen) atoms. The highest BCUT2D eigenvalue weighted by atomic mass is 16.7. The van der Waals surface area contributed by atoms with Crippen molar-refractivity contribution in [1.29, 1.82) is 0 Å². The van der Waals surface area contributed by atoms with E-state index in [1.165, 1.54) is 16.7 Å². The highest BCUT2D eigenvalue weighted by Gasteiger charge is 2.24. The molecule has 2 aliphatic rings. The molecule has 3 unspecified atom stereocenters. The molecule has 0 spiro atoms. The number of benzene rings is 3. The summed E-state index contributed by atoms with van der Waals surface area (Å²) >= 11 is 0. The lowest BCUT2D eigenvalue weighted by atomic mass is 9.86. The van der Waals surface area contributed by atoms with Crippen LogP contribution in [0, 0.1) is 0 Å². The summed E-state index contributed by atoms with van der Waals surface area (Å²) < 4.78 is 33.0. The molecular formula is C29H32O6. The minimum atomic E-state index is 0.184. The van der Waals surface area contributed by atoms with Crippen molar-refractivity contribution < 1.29 is 28.4 Å². The van der Waals surface area contributed by atoms with Gasteiger partial charge < -0.3 is 28.4 Å². The fourth-order valence-corrected chi connectivity index (χ4v) is 3.88. The van der Waals surface area contributed by atoms with Crippen LogP contribution in [0.15, 0.2) is 72.8 Å². The monoisotopic (exact) mass is 476 g/mol. The van der Waals surface area contributed by atoms with Crippen LogP contribution in [0.2, 0.25) is 0 Å². The number of ether oxygens (including phenoxy) is 6. The average molecular weight is 477 g/mol. The topological polar surface area (TPSA) is 62.0 Å². The third kappa shape index (κ3) is 7.21. The summed E-state index contributed by atoms with van der Waals surface area (Å²) in [5.41, 5.74) is 3.70. The van der Waals surface area contributed by atoms with E-state index in [0.717, 1.165) is 36.9 Å². The zero-order valence-corrected chi connectivity index (χ0v) is 20.1. The molecule has 0 bridgehead atoms. The summed E-state index contributed by atoms with van der Waals surface area (Å²) in [7, 11) is 0. The van der Waals surface area contributed by atoms with Gasteiger partial charge in [-0.15, -0.1) is 0 Å². The summed E-state index contributed by atoms with van der Waals surface area (Å²) in [4.78, 5) is 0. The number of rotatable bonds is 14. The Morgan fingerprint density at radius 2 is 1.14 bits per heavy atom. The van der Waals surface area contributed by atoms with Crippen molar-refractivity contribution >= 4 is 0 Å². The highest BCUT2D eigenvalue weighted by molar-refractivity contribution is 5.40. The predicted molar refractivity (Wildman–Crippen MR) is 132 cm³/mol. The van der Waals surface area contributed by atoms with E-state index in [2.05, 4.69) is 36.4 Å². The van der Waals surface area contributed by atoms with E-state index < -0.39 is 0 Å². The molecule has 3 aromatic carbocycles. The standard InChI is InChI=1S/C29H32O6/c1-2-30-20-35-26-13-7-23(8-14-26)29(22-5-11-25(12-6-22)32-17-28-19-34-28)15-21-3-9-24(10-4-21)31-16-27-18-33-27/h3-14,27-29H,2,15-20H2,1H3. The Morgan fingerprint density at radius 1 is 0.686 bits per heavy atom. The lowest BCUT2D eigenvalue weighted by Gasteiger charge is -2.20. The van der Waals surface area contributed by atoms with E-state index in [9.17, 15) is 0 Å². The molecule has 2 heterocycles. The Morgan fingerprint density at radius 3 is 1.60 bits per heavy atom. The van der Waals surface area contributed by atoms with Gasteiger partial charge in [-0.1, -0.05) is 36.4 Å². The second-order valence-corrected chi connectivity index (χ2v) is 8.83. The van der Waals surface area contributed by atoms with Crippen molar-refractivity contribution in [2.24, 2.45) is 0 Å². The molecule has 3 atom stereocenters. The van der Waals surface area contributed by atoms with Crippen molar-refractivity contribution in [1.82, 2.24) is 0 Å². The Kier molecular flexibility index (Phi) is 7.83. The van der Waals surface area contributed by atoms with Gasteiger partial charge in [-0.25, -0.2) is 0 Å². The first-order valence-electron chi connectivity index (χ1n) is 12.2. The third-order valence-electron chi connectivity index (χ3n) is 6.12. The van der Waals surface area contributed by atoms with Gasteiger partial charge in [-0.3, -0.25) is 0 Å². The van der Waals surface area contributed by atoms with Gasteiger partial charge in [0.1, 0.15) is 42.7 Å². The molecule has 184 valence electrons. The molecular weight excluding hydrogens is 444 g/mol. The van der Waals surface area contributed by atoms with Gasteiger partial charge in [0.05, 0.1) is 13.2 Å². The van der Waals surface area contributed by atoms with Gasteiger partial charge in [0, 0.05) is 12.5 Å². The van der Waals surface area contributed by atoms with Gasteiger partial charge in [0.2, 0.25) is 0 Å². The van der Waals surface area contributed by atoms with Crippen LogP contribution in [0.3, 0.4) is 0 Å². The molecule has 0 saturated carbocycles. The minimum absolute atomic E-state index is 0.184. The molecule has 0 aliphatic carbocycles. The van der Waals surface area contributed by atoms with Crippen molar-refractivity contribution in [3.8, 4) is 17.2 Å². The first-order valence-corrected chi connectivity index (χ1v) is 12.2. The van der Waals surface area contributed by atoms with E-state index in [4.69, 9.17) is 28.4 Å². The van der Waals surface area contributed by atoms with Gasteiger partial charge in [-0.2, -0.15) is 0 Å². The second-order valence-electron chi connectivity index (χ2n) is 8.83. The first-order chi connectivity index (χ1) is 17.3. The van der Waals surface area contributed by atoms with Crippen molar-refractivity contribution in [2.75, 3.05) is 39.8 Å². The summed E-state index contributed by atoms with van der Waals surface area (Å²) in [6.45, 7) is 5.65. The molecule has 5 rings (SSSR count). The molecule has 6 heteroatoms. The SMILES string of the molecule is CCOCOc1ccc(C(Cc2ccc(OCC3CO3)cc2)c2ccc(OCC3CO3)cc2)cc1. The summed E-state index contributed by atoms with van der Waals surface area (Å²) in [5, 5.41) is 0. The largest absolute Gasteiger partial charge is 0.491 e. The molecule has 2 fully saturated rings. The van der Waals surface area contributed by atoms with E-state index >= 15 is 0 Å². The van der Waals surface area contributed by atoms with Crippen LogP contribution in [0.1, 0.15) is 29.5 Å². The summed E-state index contributed by atoms with van der Waals surface area (Å²) in [6.07, 6.45) is 1.36. The fraction of sp³-hybridized carbons (Fsp3) is 0.379. The lowest BCUT2D eigenvalue weighted by molar-refractivity contribution is 0.0224. The van der Waals surface area contributed by atoms with Crippen LogP contribution < -0.4 is 14.2 Å². The zero-order chi connectivity index (χ0) is 23.9. The number of hydrogen-bond acceptors (Lipinski definition) is 6. The Labute approximate surface area is 206 Å².